The van der Waals surface area contributed by atoms with Crippen molar-refractivity contribution >= 4 is 45.5 Å². The molecule has 106 valence electrons. The van der Waals surface area contributed by atoms with Crippen molar-refractivity contribution in [2.75, 3.05) is 11.5 Å². The number of hydrogen-bond donors (Lipinski definition) is 2. The van der Waals surface area contributed by atoms with Gasteiger partial charge in [-0.3, -0.25) is 0 Å². The Morgan fingerprint density at radius 2 is 1.62 bits per heavy atom. The first kappa shape index (κ1) is 14.0. The van der Waals surface area contributed by atoms with Crippen molar-refractivity contribution in [3.8, 4) is 0 Å². The van der Waals surface area contributed by atoms with E-state index in [0.717, 1.165) is 15.7 Å². The van der Waals surface area contributed by atoms with E-state index in [4.69, 9.17) is 23.1 Å². The van der Waals surface area contributed by atoms with E-state index in [-0.39, 0.29) is 16.4 Å². The van der Waals surface area contributed by atoms with Gasteiger partial charge in [0.05, 0.1) is 16.3 Å². The molecule has 4 N–H and O–H groups in total. The standard InChI is InChI=1S/C16H12ClFN2S/c17-14-12(19)8-13(20)16(15(14)18)21-11-6-5-9-3-1-2-4-10(9)7-11/h1-8H,19-20H2. The topological polar surface area (TPSA) is 52.0 Å². The molecule has 0 spiro atoms. The van der Waals surface area contributed by atoms with Crippen molar-refractivity contribution in [3.63, 3.8) is 0 Å². The lowest BCUT2D eigenvalue weighted by Gasteiger charge is -2.10. The van der Waals surface area contributed by atoms with E-state index in [1.807, 2.05) is 42.5 Å². The van der Waals surface area contributed by atoms with Crippen LogP contribution in [0, 0.1) is 5.82 Å². The summed E-state index contributed by atoms with van der Waals surface area (Å²) in [7, 11) is 0. The van der Waals surface area contributed by atoms with E-state index < -0.39 is 5.82 Å². The highest BCUT2D eigenvalue weighted by Gasteiger charge is 2.15. The Hall–Kier alpha value is -1.91. The van der Waals surface area contributed by atoms with E-state index in [1.54, 1.807) is 0 Å². The monoisotopic (exact) mass is 318 g/mol. The van der Waals surface area contributed by atoms with Crippen LogP contribution in [0.5, 0.6) is 0 Å². The van der Waals surface area contributed by atoms with E-state index in [1.165, 1.54) is 17.8 Å². The Kier molecular flexibility index (Phi) is 3.66. The van der Waals surface area contributed by atoms with Crippen LogP contribution in [0.15, 0.2) is 58.3 Å². The summed E-state index contributed by atoms with van der Waals surface area (Å²) in [6.07, 6.45) is 0. The maximum Gasteiger partial charge on any atom is 0.159 e. The quantitative estimate of drug-likeness (QED) is 0.657. The number of nitrogen functional groups attached to an aromatic ring is 2. The largest absolute Gasteiger partial charge is 0.398 e. The van der Waals surface area contributed by atoms with Gasteiger partial charge in [0, 0.05) is 4.90 Å². The van der Waals surface area contributed by atoms with Gasteiger partial charge in [-0.25, -0.2) is 4.39 Å². The van der Waals surface area contributed by atoms with Crippen molar-refractivity contribution in [2.45, 2.75) is 9.79 Å². The lowest BCUT2D eigenvalue weighted by molar-refractivity contribution is 0.604. The molecule has 0 aliphatic carbocycles. The van der Waals surface area contributed by atoms with Gasteiger partial charge in [0.15, 0.2) is 5.82 Å². The third-order valence-electron chi connectivity index (χ3n) is 3.16. The molecule has 0 atom stereocenters. The van der Waals surface area contributed by atoms with Crippen molar-refractivity contribution in [3.05, 3.63) is 59.4 Å². The van der Waals surface area contributed by atoms with E-state index in [2.05, 4.69) is 0 Å². The fraction of sp³-hybridized carbons (Fsp3) is 0. The van der Waals surface area contributed by atoms with Crippen LogP contribution in [0.2, 0.25) is 5.02 Å². The number of benzene rings is 3. The lowest BCUT2D eigenvalue weighted by Crippen LogP contribution is -1.98. The van der Waals surface area contributed by atoms with Gasteiger partial charge in [-0.1, -0.05) is 53.7 Å². The van der Waals surface area contributed by atoms with Crippen molar-refractivity contribution < 1.29 is 4.39 Å². The third kappa shape index (κ3) is 2.64. The van der Waals surface area contributed by atoms with Gasteiger partial charge in [-0.15, -0.1) is 0 Å². The summed E-state index contributed by atoms with van der Waals surface area (Å²) in [6, 6.07) is 15.4. The Morgan fingerprint density at radius 3 is 2.38 bits per heavy atom. The summed E-state index contributed by atoms with van der Waals surface area (Å²) in [5.74, 6) is -0.577. The third-order valence-corrected chi connectivity index (χ3v) is 4.65. The Morgan fingerprint density at radius 1 is 0.905 bits per heavy atom. The van der Waals surface area contributed by atoms with Gasteiger partial charge in [0.2, 0.25) is 0 Å². The fourth-order valence-electron chi connectivity index (χ4n) is 2.10. The Balaban J connectivity index is 2.04. The number of nitrogens with two attached hydrogens (primary N) is 2. The minimum atomic E-state index is -0.577. The molecule has 0 saturated heterocycles. The number of halogens is 2. The number of anilines is 2. The number of hydrogen-bond acceptors (Lipinski definition) is 3. The van der Waals surface area contributed by atoms with Crippen LogP contribution in [-0.2, 0) is 0 Å². The average molecular weight is 319 g/mol. The predicted molar refractivity (Wildman–Crippen MR) is 88.3 cm³/mol. The van der Waals surface area contributed by atoms with Crippen LogP contribution < -0.4 is 11.5 Å². The molecule has 0 aromatic heterocycles. The first-order chi connectivity index (χ1) is 10.1. The van der Waals surface area contributed by atoms with E-state index in [0.29, 0.717) is 4.90 Å². The second-order valence-electron chi connectivity index (χ2n) is 4.62. The Bertz CT molecular complexity index is 836. The normalized spacial score (nSPS) is 11.0. The molecule has 0 unspecified atom stereocenters. The Labute approximate surface area is 130 Å². The highest BCUT2D eigenvalue weighted by molar-refractivity contribution is 7.99. The molecule has 0 heterocycles. The predicted octanol–water partition coefficient (Wildman–Crippen LogP) is 4.95. The molecular formula is C16H12ClFN2S. The summed E-state index contributed by atoms with van der Waals surface area (Å²) in [5.41, 5.74) is 11.9. The van der Waals surface area contributed by atoms with Crippen LogP contribution in [0.1, 0.15) is 0 Å². The van der Waals surface area contributed by atoms with E-state index >= 15 is 0 Å². The van der Waals surface area contributed by atoms with Gasteiger partial charge in [-0.2, -0.15) is 0 Å². The van der Waals surface area contributed by atoms with Crippen LogP contribution >= 0.6 is 23.4 Å². The van der Waals surface area contributed by atoms with E-state index in [9.17, 15) is 4.39 Å². The molecular weight excluding hydrogens is 307 g/mol. The number of rotatable bonds is 2. The molecule has 5 heteroatoms. The zero-order valence-electron chi connectivity index (χ0n) is 10.9. The number of fused-ring (bicyclic) bond motifs is 1. The molecule has 3 aromatic rings. The molecule has 0 radical (unpaired) electrons. The molecule has 0 saturated carbocycles. The highest BCUT2D eigenvalue weighted by atomic mass is 35.5. The summed E-state index contributed by atoms with van der Waals surface area (Å²) in [6.45, 7) is 0. The molecule has 0 bridgehead atoms. The average Bonchev–Trinajstić information content (AvgIpc) is 2.49. The second kappa shape index (κ2) is 5.47. The molecule has 0 amide bonds. The summed E-state index contributed by atoms with van der Waals surface area (Å²) < 4.78 is 14.2. The van der Waals surface area contributed by atoms with Crippen LogP contribution in [0.25, 0.3) is 10.8 Å². The minimum absolute atomic E-state index is 0.0903. The summed E-state index contributed by atoms with van der Waals surface area (Å²) >= 11 is 7.09. The van der Waals surface area contributed by atoms with Gasteiger partial charge < -0.3 is 11.5 Å². The molecule has 0 fully saturated rings. The molecule has 2 nitrogen and oxygen atoms in total. The van der Waals surface area contributed by atoms with Crippen LogP contribution in [-0.4, -0.2) is 0 Å². The van der Waals surface area contributed by atoms with Crippen molar-refractivity contribution in [1.82, 2.24) is 0 Å². The highest BCUT2D eigenvalue weighted by Crippen LogP contribution is 2.40. The smallest absolute Gasteiger partial charge is 0.159 e. The molecule has 0 aliphatic rings. The maximum atomic E-state index is 14.2. The molecule has 3 rings (SSSR count). The van der Waals surface area contributed by atoms with Crippen LogP contribution in [0.4, 0.5) is 15.8 Å². The van der Waals surface area contributed by atoms with Crippen molar-refractivity contribution in [1.29, 1.82) is 0 Å². The minimum Gasteiger partial charge on any atom is -0.398 e. The summed E-state index contributed by atoms with van der Waals surface area (Å²) in [4.78, 5) is 1.18. The molecule has 3 aromatic carbocycles. The maximum absolute atomic E-state index is 14.2. The zero-order chi connectivity index (χ0) is 15.0. The summed E-state index contributed by atoms with van der Waals surface area (Å²) in [5, 5.41) is 2.13. The van der Waals surface area contributed by atoms with Gasteiger partial charge >= 0.3 is 0 Å². The lowest BCUT2D eigenvalue weighted by atomic mass is 10.1. The molecule has 21 heavy (non-hydrogen) atoms. The SMILES string of the molecule is Nc1cc(N)c(Sc2ccc3ccccc3c2)c(F)c1Cl. The first-order valence-electron chi connectivity index (χ1n) is 6.26. The fourth-order valence-corrected chi connectivity index (χ4v) is 3.23. The van der Waals surface area contributed by atoms with Gasteiger partial charge in [0.25, 0.3) is 0 Å². The zero-order valence-corrected chi connectivity index (χ0v) is 12.5. The molecule has 0 aliphatic heterocycles. The second-order valence-corrected chi connectivity index (χ2v) is 6.08. The first-order valence-corrected chi connectivity index (χ1v) is 7.45. The van der Waals surface area contributed by atoms with Crippen LogP contribution in [0.3, 0.4) is 0 Å². The van der Waals surface area contributed by atoms with Gasteiger partial charge in [-0.05, 0) is 29.0 Å². The van der Waals surface area contributed by atoms with Gasteiger partial charge in [0.1, 0.15) is 5.02 Å². The van der Waals surface area contributed by atoms with Crippen molar-refractivity contribution in [2.24, 2.45) is 0 Å².